The van der Waals surface area contributed by atoms with Gasteiger partial charge in [0.1, 0.15) is 5.69 Å². The highest BCUT2D eigenvalue weighted by atomic mass is 16.5. The van der Waals surface area contributed by atoms with Crippen molar-refractivity contribution in [2.45, 2.75) is 45.8 Å². The monoisotopic (exact) mass is 321 g/mol. The summed E-state index contributed by atoms with van der Waals surface area (Å²) in [6.07, 6.45) is 4.20. The Bertz CT molecular complexity index is 583. The SMILES string of the molecule is CCC1(CC)C(NC(=O)c2cnc(C(=O)O)cn2)C(C)C1OC. The summed E-state index contributed by atoms with van der Waals surface area (Å²) >= 11 is 0. The number of nitrogens with one attached hydrogen (secondary N) is 1. The van der Waals surface area contributed by atoms with Gasteiger partial charge >= 0.3 is 5.97 Å². The maximum absolute atomic E-state index is 12.4. The maximum atomic E-state index is 12.4. The molecular formula is C16H23N3O4. The molecule has 7 nitrogen and oxygen atoms in total. The van der Waals surface area contributed by atoms with E-state index in [-0.39, 0.29) is 40.8 Å². The van der Waals surface area contributed by atoms with E-state index >= 15 is 0 Å². The second-order valence-electron chi connectivity index (χ2n) is 6.00. The van der Waals surface area contributed by atoms with Crippen LogP contribution in [0.3, 0.4) is 0 Å². The highest BCUT2D eigenvalue weighted by Crippen LogP contribution is 2.52. The molecule has 1 heterocycles. The normalized spacial score (nSPS) is 25.5. The lowest BCUT2D eigenvalue weighted by molar-refractivity contribution is -0.164. The van der Waals surface area contributed by atoms with E-state index in [1.807, 2.05) is 0 Å². The Morgan fingerprint density at radius 3 is 2.26 bits per heavy atom. The summed E-state index contributed by atoms with van der Waals surface area (Å²) in [5, 5.41) is 11.8. The number of ether oxygens (including phenoxy) is 1. The summed E-state index contributed by atoms with van der Waals surface area (Å²) in [4.78, 5) is 30.8. The van der Waals surface area contributed by atoms with Crippen LogP contribution in [0.4, 0.5) is 0 Å². The van der Waals surface area contributed by atoms with Gasteiger partial charge in [0, 0.05) is 24.5 Å². The molecule has 1 aliphatic rings. The van der Waals surface area contributed by atoms with E-state index < -0.39 is 5.97 Å². The van der Waals surface area contributed by atoms with Crippen molar-refractivity contribution in [3.8, 4) is 0 Å². The van der Waals surface area contributed by atoms with Crippen LogP contribution in [0.5, 0.6) is 0 Å². The first-order valence-corrected chi connectivity index (χ1v) is 7.80. The summed E-state index contributed by atoms with van der Waals surface area (Å²) in [6.45, 7) is 6.26. The molecule has 1 amide bonds. The minimum absolute atomic E-state index is 0.00380. The molecule has 23 heavy (non-hydrogen) atoms. The molecule has 3 unspecified atom stereocenters. The molecule has 0 bridgehead atoms. The Hall–Kier alpha value is -2.02. The summed E-state index contributed by atoms with van der Waals surface area (Å²) in [5.74, 6) is -1.31. The molecule has 1 fully saturated rings. The molecule has 0 radical (unpaired) electrons. The molecule has 2 N–H and O–H groups in total. The number of carboxylic acids is 1. The lowest BCUT2D eigenvalue weighted by Gasteiger charge is -2.59. The van der Waals surface area contributed by atoms with Gasteiger partial charge < -0.3 is 15.2 Å². The number of carboxylic acid groups (broad SMARTS) is 1. The Labute approximate surface area is 135 Å². The van der Waals surface area contributed by atoms with E-state index in [9.17, 15) is 9.59 Å². The number of nitrogens with zero attached hydrogens (tertiary/aromatic N) is 2. The predicted molar refractivity (Wildman–Crippen MR) is 83.2 cm³/mol. The third-order valence-corrected chi connectivity index (χ3v) is 5.15. The number of aromatic carboxylic acids is 1. The molecule has 126 valence electrons. The fourth-order valence-electron chi connectivity index (χ4n) is 3.87. The largest absolute Gasteiger partial charge is 0.476 e. The fraction of sp³-hybridized carbons (Fsp3) is 0.625. The van der Waals surface area contributed by atoms with Gasteiger partial charge in [0.05, 0.1) is 18.5 Å². The molecule has 1 aromatic heterocycles. The summed E-state index contributed by atoms with van der Waals surface area (Å²) in [5.41, 5.74) is -0.156. The lowest BCUT2D eigenvalue weighted by atomic mass is 9.53. The molecule has 1 aromatic rings. The van der Waals surface area contributed by atoms with Crippen LogP contribution in [0.2, 0.25) is 0 Å². The first kappa shape index (κ1) is 17.3. The number of aromatic nitrogens is 2. The Morgan fingerprint density at radius 2 is 1.83 bits per heavy atom. The fourth-order valence-corrected chi connectivity index (χ4v) is 3.87. The zero-order chi connectivity index (χ0) is 17.2. The molecule has 0 aliphatic heterocycles. The number of amides is 1. The number of hydrogen-bond donors (Lipinski definition) is 2. The van der Waals surface area contributed by atoms with Crippen LogP contribution in [0.1, 0.15) is 54.6 Å². The van der Waals surface area contributed by atoms with Gasteiger partial charge in [-0.1, -0.05) is 20.8 Å². The van der Waals surface area contributed by atoms with Gasteiger partial charge in [-0.25, -0.2) is 14.8 Å². The minimum Gasteiger partial charge on any atom is -0.476 e. The maximum Gasteiger partial charge on any atom is 0.356 e. The minimum atomic E-state index is -1.17. The van der Waals surface area contributed by atoms with Crippen molar-refractivity contribution in [2.75, 3.05) is 7.11 Å². The van der Waals surface area contributed by atoms with Gasteiger partial charge in [-0.3, -0.25) is 4.79 Å². The standard InChI is InChI=1S/C16H23N3O4/c1-5-16(6-2)12(9(3)13(16)23-4)19-14(20)10-7-18-11(8-17-10)15(21)22/h7-9,12-13H,5-6H2,1-4H3,(H,19,20)(H,21,22). The van der Waals surface area contributed by atoms with Crippen LogP contribution in [-0.2, 0) is 4.74 Å². The molecule has 1 saturated carbocycles. The highest BCUT2D eigenvalue weighted by molar-refractivity contribution is 5.93. The number of carbonyl (C=O) groups excluding carboxylic acids is 1. The first-order valence-electron chi connectivity index (χ1n) is 7.80. The van der Waals surface area contributed by atoms with Crippen molar-refractivity contribution in [1.82, 2.24) is 15.3 Å². The van der Waals surface area contributed by atoms with Crippen LogP contribution >= 0.6 is 0 Å². The second-order valence-corrected chi connectivity index (χ2v) is 6.00. The van der Waals surface area contributed by atoms with Crippen LogP contribution in [0.15, 0.2) is 12.4 Å². The van der Waals surface area contributed by atoms with E-state index in [0.29, 0.717) is 0 Å². The van der Waals surface area contributed by atoms with Crippen molar-refractivity contribution < 1.29 is 19.4 Å². The van der Waals surface area contributed by atoms with Gasteiger partial charge in [0.2, 0.25) is 0 Å². The zero-order valence-corrected chi connectivity index (χ0v) is 13.9. The van der Waals surface area contributed by atoms with Gasteiger partial charge in [0.15, 0.2) is 5.69 Å². The highest BCUT2D eigenvalue weighted by Gasteiger charge is 2.58. The van der Waals surface area contributed by atoms with Gasteiger partial charge in [-0.05, 0) is 12.8 Å². The predicted octanol–water partition coefficient (Wildman–Crippen LogP) is 1.74. The van der Waals surface area contributed by atoms with Crippen molar-refractivity contribution >= 4 is 11.9 Å². The molecule has 0 spiro atoms. The van der Waals surface area contributed by atoms with E-state index in [0.717, 1.165) is 19.0 Å². The third kappa shape index (κ3) is 2.81. The van der Waals surface area contributed by atoms with Crippen molar-refractivity contribution in [1.29, 1.82) is 0 Å². The van der Waals surface area contributed by atoms with Gasteiger partial charge in [-0.2, -0.15) is 0 Å². The number of methoxy groups -OCH3 is 1. The zero-order valence-electron chi connectivity index (χ0n) is 13.9. The van der Waals surface area contributed by atoms with Gasteiger partial charge in [-0.15, -0.1) is 0 Å². The molecule has 3 atom stereocenters. The first-order chi connectivity index (χ1) is 10.9. The third-order valence-electron chi connectivity index (χ3n) is 5.15. The topological polar surface area (TPSA) is 101 Å². The Morgan fingerprint density at radius 1 is 1.26 bits per heavy atom. The molecule has 0 aromatic carbocycles. The van der Waals surface area contributed by atoms with Crippen LogP contribution < -0.4 is 5.32 Å². The number of hydrogen-bond acceptors (Lipinski definition) is 5. The second kappa shape index (κ2) is 6.62. The van der Waals surface area contributed by atoms with Crippen molar-refractivity contribution in [3.05, 3.63) is 23.8 Å². The van der Waals surface area contributed by atoms with E-state index in [2.05, 4.69) is 36.1 Å². The smallest absolute Gasteiger partial charge is 0.356 e. The summed E-state index contributed by atoms with van der Waals surface area (Å²) < 4.78 is 5.61. The quantitative estimate of drug-likeness (QED) is 0.827. The number of carbonyl (C=O) groups is 2. The number of rotatable bonds is 6. The van der Waals surface area contributed by atoms with E-state index in [4.69, 9.17) is 9.84 Å². The molecule has 0 saturated heterocycles. The average Bonchev–Trinajstić information content (AvgIpc) is 2.56. The molecule has 2 rings (SSSR count). The van der Waals surface area contributed by atoms with Crippen molar-refractivity contribution in [3.63, 3.8) is 0 Å². The summed E-state index contributed by atoms with van der Waals surface area (Å²) in [7, 11) is 1.70. The molecule has 1 aliphatic carbocycles. The van der Waals surface area contributed by atoms with E-state index in [1.54, 1.807) is 7.11 Å². The Balaban J connectivity index is 2.14. The average molecular weight is 321 g/mol. The molecule has 7 heteroatoms. The molecular weight excluding hydrogens is 298 g/mol. The van der Waals surface area contributed by atoms with Crippen LogP contribution in [-0.4, -0.2) is 46.2 Å². The van der Waals surface area contributed by atoms with Crippen LogP contribution in [0.25, 0.3) is 0 Å². The van der Waals surface area contributed by atoms with Gasteiger partial charge in [0.25, 0.3) is 5.91 Å². The summed E-state index contributed by atoms with van der Waals surface area (Å²) in [6, 6.07) is -0.00380. The van der Waals surface area contributed by atoms with E-state index in [1.165, 1.54) is 6.20 Å². The van der Waals surface area contributed by atoms with Crippen molar-refractivity contribution in [2.24, 2.45) is 11.3 Å². The lowest BCUT2D eigenvalue weighted by Crippen LogP contribution is -2.70. The Kier molecular flexibility index (Phi) is 4.99. The van der Waals surface area contributed by atoms with Crippen LogP contribution in [0, 0.1) is 11.3 Å².